The molecular formula is C18H24N2O5S. The molecule has 2 aliphatic rings. The number of carbonyl (C=O) groups is 2. The number of ether oxygens (including phenoxy) is 1. The summed E-state index contributed by atoms with van der Waals surface area (Å²) < 4.78 is 30.5. The van der Waals surface area contributed by atoms with Gasteiger partial charge in [0, 0.05) is 19.0 Å². The highest BCUT2D eigenvalue weighted by Crippen LogP contribution is 2.26. The smallest absolute Gasteiger partial charge is 0.325 e. The molecule has 1 aromatic rings. The van der Waals surface area contributed by atoms with Crippen molar-refractivity contribution in [3.05, 3.63) is 35.4 Å². The van der Waals surface area contributed by atoms with Gasteiger partial charge in [0.2, 0.25) is 10.0 Å². The molecule has 0 spiro atoms. The lowest BCUT2D eigenvalue weighted by molar-refractivity contribution is -0.152. The topological polar surface area (TPSA) is 92.8 Å². The minimum atomic E-state index is -3.59. The second kappa shape index (κ2) is 7.75. The maximum Gasteiger partial charge on any atom is 0.325 e. The molecule has 0 bridgehead atoms. The Hall–Kier alpha value is -1.93. The van der Waals surface area contributed by atoms with Gasteiger partial charge >= 0.3 is 5.97 Å². The number of fused-ring (bicyclic) bond motifs is 1. The molecule has 26 heavy (non-hydrogen) atoms. The maximum absolute atomic E-state index is 12.5. The Labute approximate surface area is 153 Å². The Bertz CT molecular complexity index is 787. The third kappa shape index (κ3) is 4.42. The van der Waals surface area contributed by atoms with E-state index in [1.807, 2.05) is 24.3 Å². The van der Waals surface area contributed by atoms with Crippen molar-refractivity contribution in [2.45, 2.75) is 50.7 Å². The molecule has 1 heterocycles. The Balaban J connectivity index is 1.65. The lowest BCUT2D eigenvalue weighted by Crippen LogP contribution is -2.49. The van der Waals surface area contributed by atoms with E-state index in [4.69, 9.17) is 4.74 Å². The standard InChI is InChI=1S/C18H24N2O5S/c1-26(23,24)20-11-14-7-3-2-6-13(14)10-16(20)18(22)25-12-17(21)19-15-8-4-5-9-15/h2-3,6-7,15-16H,4-5,8-12H2,1H3,(H,19,21)/t16-/m0/s1. The second-order valence-electron chi connectivity index (χ2n) is 6.95. The van der Waals surface area contributed by atoms with Gasteiger partial charge < -0.3 is 10.1 Å². The molecule has 1 aliphatic heterocycles. The van der Waals surface area contributed by atoms with E-state index in [0.29, 0.717) is 0 Å². The Kier molecular flexibility index (Phi) is 5.62. The number of nitrogens with one attached hydrogen (secondary N) is 1. The van der Waals surface area contributed by atoms with Gasteiger partial charge in [-0.05, 0) is 24.0 Å². The molecule has 1 amide bonds. The van der Waals surface area contributed by atoms with E-state index >= 15 is 0 Å². The van der Waals surface area contributed by atoms with Crippen molar-refractivity contribution in [1.82, 2.24) is 9.62 Å². The fourth-order valence-electron chi connectivity index (χ4n) is 3.62. The predicted molar refractivity (Wildman–Crippen MR) is 95.7 cm³/mol. The third-order valence-electron chi connectivity index (χ3n) is 4.97. The van der Waals surface area contributed by atoms with Gasteiger partial charge in [-0.1, -0.05) is 37.1 Å². The molecule has 0 unspecified atom stereocenters. The summed E-state index contributed by atoms with van der Waals surface area (Å²) in [7, 11) is -3.59. The van der Waals surface area contributed by atoms with E-state index in [0.717, 1.165) is 47.4 Å². The minimum Gasteiger partial charge on any atom is -0.454 e. The summed E-state index contributed by atoms with van der Waals surface area (Å²) in [6.45, 7) is -0.256. The van der Waals surface area contributed by atoms with Crippen LogP contribution in [0.4, 0.5) is 0 Å². The van der Waals surface area contributed by atoms with Gasteiger partial charge in [0.1, 0.15) is 6.04 Å². The highest BCUT2D eigenvalue weighted by molar-refractivity contribution is 7.88. The average molecular weight is 380 g/mol. The highest BCUT2D eigenvalue weighted by atomic mass is 32.2. The minimum absolute atomic E-state index is 0.128. The largest absolute Gasteiger partial charge is 0.454 e. The molecular weight excluding hydrogens is 356 g/mol. The van der Waals surface area contributed by atoms with Crippen LogP contribution in [0.1, 0.15) is 36.8 Å². The van der Waals surface area contributed by atoms with E-state index in [2.05, 4.69) is 5.32 Å². The van der Waals surface area contributed by atoms with Crippen molar-refractivity contribution in [2.75, 3.05) is 12.9 Å². The number of amides is 1. The first kappa shape index (κ1) is 18.8. The van der Waals surface area contributed by atoms with Crippen LogP contribution >= 0.6 is 0 Å². The number of esters is 1. The Morgan fingerprint density at radius 1 is 1.19 bits per heavy atom. The monoisotopic (exact) mass is 380 g/mol. The van der Waals surface area contributed by atoms with Gasteiger partial charge in [0.05, 0.1) is 6.26 Å². The van der Waals surface area contributed by atoms with Crippen LogP contribution in [0.5, 0.6) is 0 Å². The summed E-state index contributed by atoms with van der Waals surface area (Å²) in [4.78, 5) is 24.4. The maximum atomic E-state index is 12.5. The van der Waals surface area contributed by atoms with Gasteiger partial charge in [-0.25, -0.2) is 8.42 Å². The van der Waals surface area contributed by atoms with Gasteiger partial charge in [0.25, 0.3) is 5.91 Å². The van der Waals surface area contributed by atoms with E-state index < -0.39 is 22.0 Å². The lowest BCUT2D eigenvalue weighted by atomic mass is 9.96. The van der Waals surface area contributed by atoms with Gasteiger partial charge in [-0.3, -0.25) is 9.59 Å². The number of nitrogens with zero attached hydrogens (tertiary/aromatic N) is 1. The lowest BCUT2D eigenvalue weighted by Gasteiger charge is -2.33. The number of rotatable bonds is 5. The molecule has 0 aromatic heterocycles. The third-order valence-corrected chi connectivity index (χ3v) is 6.20. The van der Waals surface area contributed by atoms with Crippen molar-refractivity contribution in [3.63, 3.8) is 0 Å². The highest BCUT2D eigenvalue weighted by Gasteiger charge is 2.38. The van der Waals surface area contributed by atoms with E-state index in [1.54, 1.807) is 0 Å². The van der Waals surface area contributed by atoms with Crippen LogP contribution in [0.3, 0.4) is 0 Å². The van der Waals surface area contributed by atoms with Crippen molar-refractivity contribution in [1.29, 1.82) is 0 Å². The molecule has 1 saturated carbocycles. The molecule has 1 aliphatic carbocycles. The quantitative estimate of drug-likeness (QED) is 0.769. The van der Waals surface area contributed by atoms with Crippen LogP contribution < -0.4 is 5.32 Å². The summed E-state index contributed by atoms with van der Waals surface area (Å²) in [6.07, 6.45) is 5.40. The summed E-state index contributed by atoms with van der Waals surface area (Å²) >= 11 is 0. The summed E-state index contributed by atoms with van der Waals surface area (Å²) in [5.74, 6) is -1.03. The first-order chi connectivity index (χ1) is 12.3. The molecule has 1 fully saturated rings. The average Bonchev–Trinajstić information content (AvgIpc) is 3.10. The SMILES string of the molecule is CS(=O)(=O)N1Cc2ccccc2C[C@H]1C(=O)OCC(=O)NC1CCCC1. The van der Waals surface area contributed by atoms with Gasteiger partial charge in [0.15, 0.2) is 6.61 Å². The van der Waals surface area contributed by atoms with Gasteiger partial charge in [-0.15, -0.1) is 0 Å². The van der Waals surface area contributed by atoms with Crippen LogP contribution in [-0.4, -0.2) is 49.5 Å². The van der Waals surface area contributed by atoms with Crippen LogP contribution in [0.2, 0.25) is 0 Å². The Morgan fingerprint density at radius 3 is 2.50 bits per heavy atom. The van der Waals surface area contributed by atoms with Crippen molar-refractivity contribution in [3.8, 4) is 0 Å². The van der Waals surface area contributed by atoms with Gasteiger partial charge in [-0.2, -0.15) is 4.31 Å². The number of hydrogen-bond acceptors (Lipinski definition) is 5. The fraction of sp³-hybridized carbons (Fsp3) is 0.556. The van der Waals surface area contributed by atoms with Crippen LogP contribution in [-0.2, 0) is 37.3 Å². The van der Waals surface area contributed by atoms with E-state index in [-0.39, 0.29) is 31.5 Å². The number of carbonyl (C=O) groups excluding carboxylic acids is 2. The number of sulfonamides is 1. The van der Waals surface area contributed by atoms with Crippen molar-refractivity contribution < 1.29 is 22.7 Å². The number of benzene rings is 1. The van der Waals surface area contributed by atoms with Crippen LogP contribution in [0, 0.1) is 0 Å². The number of hydrogen-bond donors (Lipinski definition) is 1. The molecule has 0 saturated heterocycles. The molecule has 1 N–H and O–H groups in total. The molecule has 1 atom stereocenters. The molecule has 1 aromatic carbocycles. The first-order valence-corrected chi connectivity index (χ1v) is 10.7. The molecule has 8 heteroatoms. The summed E-state index contributed by atoms with van der Waals surface area (Å²) in [5.41, 5.74) is 1.80. The first-order valence-electron chi connectivity index (χ1n) is 8.84. The van der Waals surface area contributed by atoms with Crippen LogP contribution in [0.15, 0.2) is 24.3 Å². The van der Waals surface area contributed by atoms with Crippen LogP contribution in [0.25, 0.3) is 0 Å². The summed E-state index contributed by atoms with van der Waals surface area (Å²) in [6, 6.07) is 6.62. The normalized spacial score (nSPS) is 21.2. The van der Waals surface area contributed by atoms with Crippen molar-refractivity contribution in [2.24, 2.45) is 0 Å². The zero-order chi connectivity index (χ0) is 18.7. The fourth-order valence-corrected chi connectivity index (χ4v) is 4.62. The zero-order valence-electron chi connectivity index (χ0n) is 14.8. The van der Waals surface area contributed by atoms with E-state index in [9.17, 15) is 18.0 Å². The zero-order valence-corrected chi connectivity index (χ0v) is 15.6. The van der Waals surface area contributed by atoms with Crippen molar-refractivity contribution >= 4 is 21.9 Å². The summed E-state index contributed by atoms with van der Waals surface area (Å²) in [5, 5.41) is 2.85. The van der Waals surface area contributed by atoms with E-state index in [1.165, 1.54) is 0 Å². The second-order valence-corrected chi connectivity index (χ2v) is 8.89. The molecule has 7 nitrogen and oxygen atoms in total. The predicted octanol–water partition coefficient (Wildman–Crippen LogP) is 0.975. The molecule has 142 valence electrons. The molecule has 0 radical (unpaired) electrons. The Morgan fingerprint density at radius 2 is 1.85 bits per heavy atom. The molecule has 3 rings (SSSR count).